The summed E-state index contributed by atoms with van der Waals surface area (Å²) in [6.45, 7) is 3.41. The third-order valence-corrected chi connectivity index (χ3v) is 5.01. The van der Waals surface area contributed by atoms with Gasteiger partial charge in [-0.05, 0) is 55.5 Å². The Labute approximate surface area is 182 Å². The van der Waals surface area contributed by atoms with Crippen molar-refractivity contribution in [1.29, 1.82) is 0 Å². The molecule has 4 aromatic rings. The van der Waals surface area contributed by atoms with Gasteiger partial charge in [-0.25, -0.2) is 4.98 Å². The van der Waals surface area contributed by atoms with Crippen molar-refractivity contribution < 1.29 is 19.4 Å². The van der Waals surface area contributed by atoms with E-state index >= 15 is 0 Å². The monoisotopic (exact) mass is 432 g/mol. The molecule has 32 heavy (non-hydrogen) atoms. The number of rotatable bonds is 8. The Hall–Kier alpha value is -4.07. The van der Waals surface area contributed by atoms with E-state index in [4.69, 9.17) is 9.47 Å². The van der Waals surface area contributed by atoms with Crippen molar-refractivity contribution in [2.24, 2.45) is 0 Å². The number of nitrogens with zero attached hydrogens (tertiary/aromatic N) is 2. The molecule has 1 atom stereocenters. The van der Waals surface area contributed by atoms with Gasteiger partial charge < -0.3 is 14.6 Å². The number of carboxylic acids is 1. The fraction of sp³-hybridized carbons (Fsp3) is 0.208. The molecule has 0 aliphatic carbocycles. The van der Waals surface area contributed by atoms with Crippen molar-refractivity contribution in [2.45, 2.75) is 32.3 Å². The van der Waals surface area contributed by atoms with Gasteiger partial charge in [0, 0.05) is 18.6 Å². The summed E-state index contributed by atoms with van der Waals surface area (Å²) in [6, 6.07) is 10.5. The Morgan fingerprint density at radius 3 is 2.44 bits per heavy atom. The van der Waals surface area contributed by atoms with Crippen molar-refractivity contribution in [2.75, 3.05) is 0 Å². The first-order chi connectivity index (χ1) is 15.3. The van der Waals surface area contributed by atoms with Crippen molar-refractivity contribution in [3.63, 3.8) is 0 Å². The normalized spacial score (nSPS) is 12.2. The van der Waals surface area contributed by atoms with E-state index < -0.39 is 22.7 Å². The van der Waals surface area contributed by atoms with Gasteiger partial charge in [0.05, 0.1) is 23.0 Å². The molecule has 0 fully saturated rings. The van der Waals surface area contributed by atoms with Crippen LogP contribution >= 0.6 is 0 Å². The molecule has 0 bridgehead atoms. The summed E-state index contributed by atoms with van der Waals surface area (Å²) in [7, 11) is 0. The molecule has 8 heteroatoms. The van der Waals surface area contributed by atoms with Gasteiger partial charge in [-0.3, -0.25) is 19.4 Å². The summed E-state index contributed by atoms with van der Waals surface area (Å²) >= 11 is 0. The Bertz CT molecular complexity index is 1350. The van der Waals surface area contributed by atoms with Crippen molar-refractivity contribution in [3.05, 3.63) is 86.6 Å². The van der Waals surface area contributed by atoms with Gasteiger partial charge in [-0.15, -0.1) is 0 Å². The SMILES string of the molecule is CC(C)Oc1c(C(Cc2ccc(Oc3nccc4ccncc34)cc2)C(=O)O)c(=O)c1=O. The number of hydrogen-bond acceptors (Lipinski definition) is 7. The summed E-state index contributed by atoms with van der Waals surface area (Å²) < 4.78 is 11.3. The number of carbonyl (C=O) groups is 1. The topological polar surface area (TPSA) is 116 Å². The smallest absolute Gasteiger partial charge is 0.311 e. The number of aliphatic carboxylic acids is 1. The number of pyridine rings is 2. The molecule has 0 radical (unpaired) electrons. The van der Waals surface area contributed by atoms with Crippen molar-refractivity contribution in [1.82, 2.24) is 9.97 Å². The van der Waals surface area contributed by atoms with Crippen LogP contribution in [0.15, 0.2) is 64.6 Å². The molecular weight excluding hydrogens is 412 g/mol. The van der Waals surface area contributed by atoms with Crippen molar-refractivity contribution in [3.8, 4) is 17.4 Å². The van der Waals surface area contributed by atoms with Gasteiger partial charge in [-0.2, -0.15) is 0 Å². The predicted octanol–water partition coefficient (Wildman–Crippen LogP) is 3.22. The number of benzene rings is 1. The Balaban J connectivity index is 1.55. The lowest BCUT2D eigenvalue weighted by Gasteiger charge is -2.20. The van der Waals surface area contributed by atoms with Gasteiger partial charge >= 0.3 is 5.97 Å². The number of aromatic nitrogens is 2. The highest BCUT2D eigenvalue weighted by Crippen LogP contribution is 2.30. The first kappa shape index (κ1) is 21.2. The van der Waals surface area contributed by atoms with Crippen LogP contribution in [-0.4, -0.2) is 27.1 Å². The molecule has 0 amide bonds. The highest BCUT2D eigenvalue weighted by Gasteiger charge is 2.34. The van der Waals surface area contributed by atoms with Crippen LogP contribution in [0.25, 0.3) is 10.8 Å². The van der Waals surface area contributed by atoms with E-state index in [0.717, 1.165) is 10.8 Å². The van der Waals surface area contributed by atoms with E-state index in [0.29, 0.717) is 17.2 Å². The second-order valence-corrected chi connectivity index (χ2v) is 7.62. The summed E-state index contributed by atoms with van der Waals surface area (Å²) in [5, 5.41) is 11.4. The lowest BCUT2D eigenvalue weighted by Crippen LogP contribution is -2.41. The first-order valence-electron chi connectivity index (χ1n) is 10.0. The highest BCUT2D eigenvalue weighted by atomic mass is 16.5. The zero-order chi connectivity index (χ0) is 22.8. The lowest BCUT2D eigenvalue weighted by molar-refractivity contribution is -0.138. The molecule has 0 spiro atoms. The molecule has 0 saturated heterocycles. The van der Waals surface area contributed by atoms with Crippen LogP contribution in [0.2, 0.25) is 0 Å². The first-order valence-corrected chi connectivity index (χ1v) is 10.0. The van der Waals surface area contributed by atoms with E-state index in [2.05, 4.69) is 9.97 Å². The molecular formula is C24H20N2O6. The fourth-order valence-corrected chi connectivity index (χ4v) is 3.48. The van der Waals surface area contributed by atoms with E-state index in [1.54, 1.807) is 56.7 Å². The predicted molar refractivity (Wildman–Crippen MR) is 117 cm³/mol. The standard InChI is InChI=1S/C24H20N2O6/c1-13(2)31-22-19(20(27)21(22)28)17(24(29)30)11-14-3-5-16(6-4-14)32-23-18-12-25-9-7-15(18)8-10-26-23/h3-10,12-13,17H,11H2,1-2H3,(H,29,30). The molecule has 0 aliphatic heterocycles. The van der Waals surface area contributed by atoms with Crippen LogP contribution in [-0.2, 0) is 11.2 Å². The summed E-state index contributed by atoms with van der Waals surface area (Å²) in [4.78, 5) is 44.1. The molecule has 2 heterocycles. The molecule has 1 N–H and O–H groups in total. The average Bonchev–Trinajstić information content (AvgIpc) is 2.78. The second kappa shape index (κ2) is 8.58. The number of ether oxygens (including phenoxy) is 2. The zero-order valence-electron chi connectivity index (χ0n) is 17.4. The van der Waals surface area contributed by atoms with E-state index in [-0.39, 0.29) is 23.8 Å². The fourth-order valence-electron chi connectivity index (χ4n) is 3.48. The maximum absolute atomic E-state index is 12.1. The van der Waals surface area contributed by atoms with Crippen LogP contribution in [0, 0.1) is 0 Å². The molecule has 4 rings (SSSR count). The number of carboxylic acid groups (broad SMARTS) is 1. The van der Waals surface area contributed by atoms with Crippen LogP contribution in [0.5, 0.6) is 17.4 Å². The minimum absolute atomic E-state index is 0.0331. The van der Waals surface area contributed by atoms with Crippen LogP contribution in [0.3, 0.4) is 0 Å². The summed E-state index contributed by atoms with van der Waals surface area (Å²) in [6.07, 6.45) is 4.69. The number of hydrogen-bond donors (Lipinski definition) is 1. The molecule has 1 unspecified atom stereocenters. The van der Waals surface area contributed by atoms with Gasteiger partial charge in [0.15, 0.2) is 5.75 Å². The van der Waals surface area contributed by atoms with Crippen LogP contribution in [0.1, 0.15) is 30.9 Å². The molecule has 8 nitrogen and oxygen atoms in total. The third kappa shape index (κ3) is 4.07. The van der Waals surface area contributed by atoms with Crippen LogP contribution in [0.4, 0.5) is 0 Å². The van der Waals surface area contributed by atoms with Gasteiger partial charge in [0.1, 0.15) is 5.75 Å². The maximum atomic E-state index is 12.1. The second-order valence-electron chi connectivity index (χ2n) is 7.62. The maximum Gasteiger partial charge on any atom is 0.311 e. The molecule has 2 aromatic carbocycles. The van der Waals surface area contributed by atoms with Gasteiger partial charge in [-0.1, -0.05) is 12.1 Å². The molecule has 2 aromatic heterocycles. The Morgan fingerprint density at radius 1 is 1.03 bits per heavy atom. The summed E-state index contributed by atoms with van der Waals surface area (Å²) in [5.74, 6) is -1.59. The Kier molecular flexibility index (Phi) is 5.68. The van der Waals surface area contributed by atoms with E-state index in [1.165, 1.54) is 0 Å². The highest BCUT2D eigenvalue weighted by molar-refractivity contribution is 5.85. The van der Waals surface area contributed by atoms with Crippen LogP contribution < -0.4 is 20.3 Å². The minimum Gasteiger partial charge on any atom is -0.486 e. The minimum atomic E-state index is -1.20. The van der Waals surface area contributed by atoms with Gasteiger partial charge in [0.25, 0.3) is 5.43 Å². The number of fused-ring (bicyclic) bond motifs is 1. The molecule has 162 valence electrons. The average molecular weight is 432 g/mol. The molecule has 0 saturated carbocycles. The van der Waals surface area contributed by atoms with Gasteiger partial charge in [0.2, 0.25) is 11.3 Å². The molecule has 0 aliphatic rings. The van der Waals surface area contributed by atoms with E-state index in [1.807, 2.05) is 12.1 Å². The lowest BCUT2D eigenvalue weighted by atomic mass is 9.88. The van der Waals surface area contributed by atoms with E-state index in [9.17, 15) is 19.5 Å². The zero-order valence-corrected chi connectivity index (χ0v) is 17.4. The third-order valence-electron chi connectivity index (χ3n) is 5.01. The largest absolute Gasteiger partial charge is 0.486 e. The Morgan fingerprint density at radius 2 is 1.75 bits per heavy atom. The quantitative estimate of drug-likeness (QED) is 0.422. The summed E-state index contributed by atoms with van der Waals surface area (Å²) in [5.41, 5.74) is -0.991. The van der Waals surface area contributed by atoms with Crippen molar-refractivity contribution >= 4 is 16.7 Å².